The molecule has 2 rings (SSSR count). The van der Waals surface area contributed by atoms with Crippen LogP contribution < -0.4 is 38.5 Å². The largest absolute Gasteiger partial charge is 0.508 e. The van der Waals surface area contributed by atoms with Gasteiger partial charge in [0.05, 0.1) is 6.04 Å². The van der Waals surface area contributed by atoms with Crippen LogP contribution in [0.3, 0.4) is 0 Å². The molecule has 0 aromatic heterocycles. The van der Waals surface area contributed by atoms with Gasteiger partial charge in [0.2, 0.25) is 29.5 Å². The van der Waals surface area contributed by atoms with Gasteiger partial charge in [-0.25, -0.2) is 4.79 Å². The number of phenols is 1. The van der Waals surface area contributed by atoms with E-state index in [9.17, 15) is 39.0 Å². The van der Waals surface area contributed by atoms with Crippen LogP contribution in [-0.2, 0) is 35.2 Å². The Balaban J connectivity index is 2.32. The summed E-state index contributed by atoms with van der Waals surface area (Å²) in [7, 11) is 0. The molecule has 5 amide bonds. The summed E-state index contributed by atoms with van der Waals surface area (Å²) in [5, 5.41) is 30.3. The second-order valence-electron chi connectivity index (χ2n) is 14.3. The van der Waals surface area contributed by atoms with Crippen LogP contribution in [0.25, 0.3) is 0 Å². The van der Waals surface area contributed by atoms with E-state index in [1.165, 1.54) is 17.0 Å². The zero-order chi connectivity index (χ0) is 40.0. The molecular weight excluding hydrogens is 686 g/mol. The number of carbonyl (C=O) groups is 6. The van der Waals surface area contributed by atoms with Gasteiger partial charge in [-0.15, -0.1) is 0 Å². The second kappa shape index (κ2) is 20.9. The number of nitrogens with one attached hydrogen (secondary N) is 4. The van der Waals surface area contributed by atoms with Crippen molar-refractivity contribution in [2.24, 2.45) is 39.9 Å². The number of carboxylic acids is 1. The third-order valence-corrected chi connectivity index (χ3v) is 9.45. The summed E-state index contributed by atoms with van der Waals surface area (Å²) in [4.78, 5) is 85.3. The van der Waals surface area contributed by atoms with Gasteiger partial charge in [-0.05, 0) is 61.1 Å². The molecule has 17 heteroatoms. The molecule has 0 unspecified atom stereocenters. The van der Waals surface area contributed by atoms with Crippen molar-refractivity contribution in [3.05, 3.63) is 29.8 Å². The van der Waals surface area contributed by atoms with Crippen LogP contribution in [0.1, 0.15) is 79.2 Å². The van der Waals surface area contributed by atoms with E-state index in [2.05, 4.69) is 26.3 Å². The lowest BCUT2D eigenvalue weighted by atomic mass is 9.96. The van der Waals surface area contributed by atoms with Gasteiger partial charge in [0.15, 0.2) is 5.96 Å². The van der Waals surface area contributed by atoms with E-state index >= 15 is 0 Å². The maximum atomic E-state index is 14.0. The number of amides is 5. The van der Waals surface area contributed by atoms with E-state index in [0.29, 0.717) is 24.8 Å². The molecule has 12 N–H and O–H groups in total. The predicted octanol–water partition coefficient (Wildman–Crippen LogP) is -0.311. The van der Waals surface area contributed by atoms with Crippen LogP contribution in [-0.4, -0.2) is 106 Å². The zero-order valence-electron chi connectivity index (χ0n) is 31.6. The highest BCUT2D eigenvalue weighted by Crippen LogP contribution is 2.22. The number of phenolic OH excluding ortho intramolecular Hbond substituents is 1. The summed E-state index contributed by atoms with van der Waals surface area (Å²) < 4.78 is 0. The number of nitrogens with two attached hydrogens (primary N) is 3. The fourth-order valence-corrected chi connectivity index (χ4v) is 5.87. The topological polar surface area (TPSA) is 285 Å². The number of hydrogen-bond donors (Lipinski definition) is 9. The Morgan fingerprint density at radius 3 is 2.04 bits per heavy atom. The van der Waals surface area contributed by atoms with Crippen molar-refractivity contribution >= 4 is 41.5 Å². The lowest BCUT2D eigenvalue weighted by Gasteiger charge is -2.33. The number of likely N-dealkylation sites (tertiary alicyclic amines) is 1. The van der Waals surface area contributed by atoms with Crippen molar-refractivity contribution in [1.82, 2.24) is 26.2 Å². The summed E-state index contributed by atoms with van der Waals surface area (Å²) >= 11 is 0. The summed E-state index contributed by atoms with van der Waals surface area (Å²) in [5.41, 5.74) is 17.3. The van der Waals surface area contributed by atoms with Crippen LogP contribution in [0, 0.1) is 17.8 Å². The SMILES string of the molecule is CC[C@H](C)[C@H](NC(=O)[C@@H](N)C(C)C)C(=O)N1CCC[C@H]1C(=O)N[C@@H](Cc1ccc(O)cc1)C(=O)N[C@H](C(=O)N[C@@H](CCCN=C(N)N)C(=O)O)C(C)C. The highest BCUT2D eigenvalue weighted by atomic mass is 16.4. The van der Waals surface area contributed by atoms with Crippen LogP contribution in [0.2, 0.25) is 0 Å². The van der Waals surface area contributed by atoms with Gasteiger partial charge >= 0.3 is 5.97 Å². The van der Waals surface area contributed by atoms with Gasteiger partial charge in [0, 0.05) is 19.5 Å². The monoisotopic (exact) mass is 745 g/mol. The van der Waals surface area contributed by atoms with E-state index in [1.807, 2.05) is 13.8 Å². The van der Waals surface area contributed by atoms with Gasteiger partial charge in [0.1, 0.15) is 36.0 Å². The molecule has 1 aliphatic heterocycles. The van der Waals surface area contributed by atoms with Gasteiger partial charge in [-0.1, -0.05) is 60.1 Å². The lowest BCUT2D eigenvalue weighted by Crippen LogP contribution is -2.60. The van der Waals surface area contributed by atoms with E-state index in [-0.39, 0.29) is 55.9 Å². The molecule has 1 fully saturated rings. The molecule has 1 saturated heterocycles. The number of aliphatic carboxylic acids is 1. The molecule has 0 bridgehead atoms. The van der Waals surface area contributed by atoms with Crippen LogP contribution in [0.15, 0.2) is 29.3 Å². The molecule has 7 atom stereocenters. The Morgan fingerprint density at radius 1 is 0.868 bits per heavy atom. The molecule has 1 aromatic rings. The second-order valence-corrected chi connectivity index (χ2v) is 14.3. The van der Waals surface area contributed by atoms with E-state index < -0.39 is 77.7 Å². The number of carboxylic acid groups (broad SMARTS) is 1. The highest BCUT2D eigenvalue weighted by molar-refractivity contribution is 5.97. The molecule has 17 nitrogen and oxygen atoms in total. The third kappa shape index (κ3) is 13.5. The number of aromatic hydroxyl groups is 1. The van der Waals surface area contributed by atoms with Gasteiger partial charge in [-0.3, -0.25) is 29.0 Å². The first-order valence-corrected chi connectivity index (χ1v) is 18.2. The molecule has 296 valence electrons. The molecule has 1 aliphatic rings. The van der Waals surface area contributed by atoms with Crippen LogP contribution >= 0.6 is 0 Å². The number of nitrogens with zero attached hydrogens (tertiary/aromatic N) is 2. The Bertz CT molecular complexity index is 1450. The zero-order valence-corrected chi connectivity index (χ0v) is 31.6. The Kier molecular flexibility index (Phi) is 17.5. The summed E-state index contributed by atoms with van der Waals surface area (Å²) in [5.74, 6) is -5.27. The summed E-state index contributed by atoms with van der Waals surface area (Å²) in [6.07, 6.45) is 1.66. The van der Waals surface area contributed by atoms with E-state index in [4.69, 9.17) is 17.2 Å². The number of benzene rings is 1. The number of carbonyl (C=O) groups excluding carboxylic acids is 5. The minimum Gasteiger partial charge on any atom is -0.508 e. The number of rotatable bonds is 20. The van der Waals surface area contributed by atoms with Crippen LogP contribution in [0.5, 0.6) is 5.75 Å². The Morgan fingerprint density at radius 2 is 1.49 bits per heavy atom. The molecule has 1 heterocycles. The first-order chi connectivity index (χ1) is 24.9. The Hall–Kier alpha value is -4.93. The predicted molar refractivity (Wildman–Crippen MR) is 199 cm³/mol. The summed E-state index contributed by atoms with van der Waals surface area (Å²) in [6, 6.07) is -0.351. The minimum absolute atomic E-state index is 0.000901. The van der Waals surface area contributed by atoms with Gasteiger partial charge in [-0.2, -0.15) is 0 Å². The van der Waals surface area contributed by atoms with Crippen molar-refractivity contribution in [3.63, 3.8) is 0 Å². The Labute approximate surface area is 311 Å². The molecular formula is C36H59N9O8. The maximum Gasteiger partial charge on any atom is 0.326 e. The quantitative estimate of drug-likeness (QED) is 0.0474. The van der Waals surface area contributed by atoms with Crippen molar-refractivity contribution in [1.29, 1.82) is 0 Å². The molecule has 0 radical (unpaired) electrons. The van der Waals surface area contributed by atoms with Crippen molar-refractivity contribution in [2.75, 3.05) is 13.1 Å². The number of hydrogen-bond acceptors (Lipinski definition) is 9. The fourth-order valence-electron chi connectivity index (χ4n) is 5.87. The van der Waals surface area contributed by atoms with Crippen molar-refractivity contribution in [2.45, 2.75) is 116 Å². The van der Waals surface area contributed by atoms with Crippen molar-refractivity contribution in [3.8, 4) is 5.75 Å². The lowest BCUT2D eigenvalue weighted by molar-refractivity contribution is -0.143. The fraction of sp³-hybridized carbons (Fsp3) is 0.639. The molecule has 0 aliphatic carbocycles. The average molecular weight is 746 g/mol. The normalized spacial score (nSPS) is 17.5. The van der Waals surface area contributed by atoms with E-state index in [0.717, 1.165) is 0 Å². The van der Waals surface area contributed by atoms with Crippen molar-refractivity contribution < 1.29 is 39.0 Å². The van der Waals surface area contributed by atoms with Gasteiger partial charge < -0.3 is 53.6 Å². The van der Waals surface area contributed by atoms with E-state index in [1.54, 1.807) is 39.8 Å². The van der Waals surface area contributed by atoms with Crippen LogP contribution in [0.4, 0.5) is 0 Å². The first kappa shape index (κ1) is 44.2. The van der Waals surface area contributed by atoms with Gasteiger partial charge in [0.25, 0.3) is 0 Å². The highest BCUT2D eigenvalue weighted by Gasteiger charge is 2.41. The summed E-state index contributed by atoms with van der Waals surface area (Å²) in [6.45, 7) is 11.1. The molecule has 0 spiro atoms. The smallest absolute Gasteiger partial charge is 0.326 e. The maximum absolute atomic E-state index is 14.0. The standard InChI is InChI=1S/C36H59N9O8/c1-7-21(6)29(44-32(49)27(37)19(2)3)34(51)45-17-9-11-26(45)31(48)42-25(18-22-12-14-23(46)15-13-22)30(47)43-28(20(4)5)33(50)41-24(35(52)53)10-8-16-40-36(38)39/h12-15,19-21,24-29,46H,7-11,16-18,37H2,1-6H3,(H,41,50)(H,42,48)(H,43,47)(H,44,49)(H,52,53)(H4,38,39,40)/t21-,24-,25-,26-,27-,28-,29-/m0/s1. The number of aliphatic imine (C=N–C) groups is 1. The third-order valence-electron chi connectivity index (χ3n) is 9.45. The minimum atomic E-state index is -1.28. The number of guanidine groups is 1. The average Bonchev–Trinajstić information content (AvgIpc) is 3.60. The molecule has 53 heavy (non-hydrogen) atoms. The first-order valence-electron chi connectivity index (χ1n) is 18.2. The molecule has 0 saturated carbocycles. The molecule has 1 aromatic carbocycles.